The molecule has 1 saturated carbocycles. The van der Waals surface area contributed by atoms with Gasteiger partial charge in [-0.3, -0.25) is 30.2 Å². The van der Waals surface area contributed by atoms with Crippen LogP contribution in [0, 0.1) is 23.7 Å². The molecule has 1 aliphatic rings. The molecule has 2 amide bonds. The van der Waals surface area contributed by atoms with Crippen molar-refractivity contribution in [2.24, 2.45) is 23.7 Å². The summed E-state index contributed by atoms with van der Waals surface area (Å²) in [6.45, 7) is 3.77. The molecule has 5 N–H and O–H groups in total. The average molecular weight is 440 g/mol. The van der Waals surface area contributed by atoms with Crippen molar-refractivity contribution in [3.63, 3.8) is 0 Å². The van der Waals surface area contributed by atoms with Crippen LogP contribution in [0.25, 0.3) is 0 Å². The van der Waals surface area contributed by atoms with Gasteiger partial charge in [0, 0.05) is 0 Å². The molecule has 0 bridgehead atoms. The third kappa shape index (κ3) is 7.20. The van der Waals surface area contributed by atoms with Crippen LogP contribution in [0.15, 0.2) is 14.4 Å². The molecule has 0 spiro atoms. The molecule has 0 aromatic carbocycles. The summed E-state index contributed by atoms with van der Waals surface area (Å²) in [7, 11) is 0. The summed E-state index contributed by atoms with van der Waals surface area (Å²) in [6.07, 6.45) is 8.40. The van der Waals surface area contributed by atoms with E-state index < -0.39 is 40.7 Å². The first-order chi connectivity index (χ1) is 14.7. The van der Waals surface area contributed by atoms with Crippen molar-refractivity contribution in [3.8, 4) is 0 Å². The van der Waals surface area contributed by atoms with E-state index in [1.807, 2.05) is 23.8 Å². The van der Waals surface area contributed by atoms with Gasteiger partial charge in [0.05, 0.1) is 11.8 Å². The maximum Gasteiger partial charge on any atom is 0.353 e. The summed E-state index contributed by atoms with van der Waals surface area (Å²) in [5.74, 6) is -2.44. The van der Waals surface area contributed by atoms with Crippen LogP contribution in [0.5, 0.6) is 0 Å². The summed E-state index contributed by atoms with van der Waals surface area (Å²) in [5, 5.41) is 9.25. The molecule has 0 aliphatic heterocycles. The van der Waals surface area contributed by atoms with Gasteiger partial charge >= 0.3 is 17.1 Å². The van der Waals surface area contributed by atoms with Crippen molar-refractivity contribution in [1.82, 2.24) is 20.1 Å². The van der Waals surface area contributed by atoms with E-state index in [0.29, 0.717) is 23.4 Å². The fourth-order valence-corrected chi connectivity index (χ4v) is 4.39. The number of H-pyrrole nitrogens is 2. The molecule has 11 heteroatoms. The minimum atomic E-state index is -1.09. The molecule has 2 atom stereocenters. The maximum absolute atomic E-state index is 13.0. The maximum atomic E-state index is 13.0. The number of carbonyl (C=O) groups excluding carboxylic acids is 2. The van der Waals surface area contributed by atoms with E-state index in [1.54, 1.807) is 5.48 Å². The molecule has 1 unspecified atom stereocenters. The molecule has 0 radical (unpaired) electrons. The molecule has 2 rings (SSSR count). The summed E-state index contributed by atoms with van der Waals surface area (Å²) >= 11 is 0. The number of nitrogens with zero attached hydrogens (tertiary/aromatic N) is 1. The fraction of sp³-hybridized carbons (Fsp3) is 0.750. The van der Waals surface area contributed by atoms with E-state index in [4.69, 9.17) is 0 Å². The lowest BCUT2D eigenvalue weighted by Gasteiger charge is -2.27. The Morgan fingerprint density at radius 2 is 1.65 bits per heavy atom. The topological polar surface area (TPSA) is 166 Å². The quantitative estimate of drug-likeness (QED) is 0.267. The van der Waals surface area contributed by atoms with Crippen molar-refractivity contribution in [1.29, 1.82) is 0 Å². The number of rotatable bonds is 10. The lowest BCUT2D eigenvalue weighted by molar-refractivity contribution is -0.139. The van der Waals surface area contributed by atoms with E-state index in [2.05, 4.69) is 5.43 Å². The third-order valence-electron chi connectivity index (χ3n) is 5.92. The predicted molar refractivity (Wildman–Crippen MR) is 113 cm³/mol. The van der Waals surface area contributed by atoms with E-state index in [0.717, 1.165) is 12.8 Å². The second-order valence-electron chi connectivity index (χ2n) is 8.75. The molecule has 1 aliphatic carbocycles. The second kappa shape index (κ2) is 11.6. The van der Waals surface area contributed by atoms with Crippen LogP contribution in [0.1, 0.15) is 71.6 Å². The number of hydrogen-bond acceptors (Lipinski definition) is 6. The normalized spacial score (nSPS) is 16.6. The molecule has 11 nitrogen and oxygen atoms in total. The number of aromatic nitrogens is 3. The summed E-state index contributed by atoms with van der Waals surface area (Å²) in [6, 6.07) is 0. The van der Waals surface area contributed by atoms with E-state index in [9.17, 15) is 29.2 Å². The molecular formula is C20H33N5O6. The molecule has 31 heavy (non-hydrogen) atoms. The highest BCUT2D eigenvalue weighted by atomic mass is 16.5. The summed E-state index contributed by atoms with van der Waals surface area (Å²) in [4.78, 5) is 64.1. The molecule has 0 saturated heterocycles. The first-order valence-electron chi connectivity index (χ1n) is 10.9. The first-order valence-corrected chi connectivity index (χ1v) is 10.9. The number of aromatic amines is 2. The lowest BCUT2D eigenvalue weighted by Crippen LogP contribution is -2.51. The van der Waals surface area contributed by atoms with Gasteiger partial charge in [-0.05, 0) is 24.7 Å². The minimum Gasteiger partial charge on any atom is -0.289 e. The number of hydrogen-bond donors (Lipinski definition) is 5. The second-order valence-corrected chi connectivity index (χ2v) is 8.75. The Balaban J connectivity index is 2.18. The van der Waals surface area contributed by atoms with Crippen LogP contribution >= 0.6 is 0 Å². The van der Waals surface area contributed by atoms with Crippen molar-refractivity contribution < 1.29 is 14.8 Å². The fourth-order valence-electron chi connectivity index (χ4n) is 4.39. The van der Waals surface area contributed by atoms with Crippen molar-refractivity contribution in [2.75, 3.05) is 5.43 Å². The summed E-state index contributed by atoms with van der Waals surface area (Å²) < 4.78 is 0.368. The third-order valence-corrected chi connectivity index (χ3v) is 5.92. The van der Waals surface area contributed by atoms with E-state index in [-0.39, 0.29) is 5.92 Å². The Morgan fingerprint density at radius 3 is 2.19 bits per heavy atom. The monoisotopic (exact) mass is 439 g/mol. The highest BCUT2D eigenvalue weighted by molar-refractivity contribution is 5.91. The van der Waals surface area contributed by atoms with Crippen molar-refractivity contribution >= 4 is 11.8 Å². The van der Waals surface area contributed by atoms with Crippen molar-refractivity contribution in [3.05, 3.63) is 31.5 Å². The van der Waals surface area contributed by atoms with E-state index >= 15 is 0 Å². The zero-order valence-electron chi connectivity index (χ0n) is 18.1. The highest BCUT2D eigenvalue weighted by Crippen LogP contribution is 2.31. The number of hydroxylamine groups is 1. The van der Waals surface area contributed by atoms with Crippen LogP contribution in [0.2, 0.25) is 0 Å². The smallest absolute Gasteiger partial charge is 0.289 e. The number of carbonyl (C=O) groups is 2. The molecule has 174 valence electrons. The van der Waals surface area contributed by atoms with Gasteiger partial charge in [0.2, 0.25) is 11.8 Å². The highest BCUT2D eigenvalue weighted by Gasteiger charge is 2.34. The van der Waals surface area contributed by atoms with Gasteiger partial charge in [0.25, 0.3) is 0 Å². The number of amides is 2. The number of nitrogens with one attached hydrogen (secondary N) is 4. The van der Waals surface area contributed by atoms with Crippen LogP contribution in [0.3, 0.4) is 0 Å². The Hall–Kier alpha value is -2.69. The molecular weight excluding hydrogens is 406 g/mol. The van der Waals surface area contributed by atoms with Gasteiger partial charge in [0.15, 0.2) is 0 Å². The SMILES string of the molecule is CC(C)CC(C(=O)Nn1c(=O)[nH]c(=O)[nH]c1=O)[C@@H](CCCC1CCCCC1)C(=O)NO. The van der Waals surface area contributed by atoms with Gasteiger partial charge in [-0.25, -0.2) is 19.9 Å². The van der Waals surface area contributed by atoms with Gasteiger partial charge in [-0.15, -0.1) is 4.68 Å². The lowest BCUT2D eigenvalue weighted by atomic mass is 9.79. The molecule has 1 aromatic rings. The Bertz CT molecular complexity index is 877. The summed E-state index contributed by atoms with van der Waals surface area (Å²) in [5.41, 5.74) is 0.683. The standard InChI is InChI=1S/C20H33N5O6/c1-12(2)11-15(16(26)23-25-19(29)21-18(28)22-20(25)30)14(17(27)24-31)10-6-9-13-7-4-3-5-8-13/h12-15,31H,3-11H2,1-2H3,(H,23,26)(H,24,27)(H2,21,22,28,29,30)/t14-,15?/m1/s1. The van der Waals surface area contributed by atoms with E-state index in [1.165, 1.54) is 32.1 Å². The molecule has 1 heterocycles. The Labute approximate surface area is 179 Å². The largest absolute Gasteiger partial charge is 0.353 e. The van der Waals surface area contributed by atoms with Crippen LogP contribution in [-0.2, 0) is 9.59 Å². The molecule has 1 fully saturated rings. The first kappa shape index (κ1) is 24.6. The van der Waals surface area contributed by atoms with Gasteiger partial charge in [-0.2, -0.15) is 0 Å². The average Bonchev–Trinajstić information content (AvgIpc) is 2.72. The zero-order chi connectivity index (χ0) is 23.0. The zero-order valence-corrected chi connectivity index (χ0v) is 18.1. The van der Waals surface area contributed by atoms with Crippen LogP contribution in [0.4, 0.5) is 0 Å². The predicted octanol–water partition coefficient (Wildman–Crippen LogP) is 0.829. The van der Waals surface area contributed by atoms with Crippen LogP contribution < -0.4 is 28.0 Å². The minimum absolute atomic E-state index is 0.0358. The van der Waals surface area contributed by atoms with Gasteiger partial charge in [-0.1, -0.05) is 58.8 Å². The Morgan fingerprint density at radius 1 is 1.03 bits per heavy atom. The molecule has 1 aromatic heterocycles. The Kier molecular flexibility index (Phi) is 9.22. The van der Waals surface area contributed by atoms with Crippen molar-refractivity contribution in [2.45, 2.75) is 71.6 Å². The van der Waals surface area contributed by atoms with Crippen LogP contribution in [-0.4, -0.2) is 31.7 Å². The van der Waals surface area contributed by atoms with Gasteiger partial charge < -0.3 is 0 Å². The van der Waals surface area contributed by atoms with Gasteiger partial charge in [0.1, 0.15) is 0 Å².